The van der Waals surface area contributed by atoms with E-state index in [1.165, 1.54) is 15.4 Å². The Labute approximate surface area is 115 Å². The Morgan fingerprint density at radius 2 is 1.71 bits per heavy atom. The fraction of sp³-hybridized carbons (Fsp3) is 0.143. The number of benzene rings is 2. The average molecular weight is 308 g/mol. The van der Waals surface area contributed by atoms with E-state index in [9.17, 15) is 0 Å². The first-order valence-electron chi connectivity index (χ1n) is 5.45. The summed E-state index contributed by atoms with van der Waals surface area (Å²) in [5.41, 5.74) is 7.17. The summed E-state index contributed by atoms with van der Waals surface area (Å²) >= 11 is 5.19. The monoisotopic (exact) mass is 307 g/mol. The van der Waals surface area contributed by atoms with E-state index in [1.54, 1.807) is 11.8 Å². The first-order chi connectivity index (χ1) is 8.16. The van der Waals surface area contributed by atoms with Gasteiger partial charge in [-0.25, -0.2) is 0 Å². The Morgan fingerprint density at radius 1 is 1.06 bits per heavy atom. The molecule has 2 aromatic carbocycles. The molecule has 0 saturated heterocycles. The van der Waals surface area contributed by atoms with E-state index in [-0.39, 0.29) is 6.04 Å². The van der Waals surface area contributed by atoms with Crippen molar-refractivity contribution in [3.63, 3.8) is 0 Å². The van der Waals surface area contributed by atoms with Gasteiger partial charge < -0.3 is 5.73 Å². The van der Waals surface area contributed by atoms with Crippen molar-refractivity contribution in [2.75, 3.05) is 0 Å². The fourth-order valence-electron chi connectivity index (χ4n) is 1.58. The number of hydrogen-bond acceptors (Lipinski definition) is 2. The van der Waals surface area contributed by atoms with Crippen LogP contribution in [-0.2, 0) is 0 Å². The van der Waals surface area contributed by atoms with Crippen LogP contribution in [0.5, 0.6) is 0 Å². The molecule has 17 heavy (non-hydrogen) atoms. The van der Waals surface area contributed by atoms with Gasteiger partial charge in [0.15, 0.2) is 0 Å². The van der Waals surface area contributed by atoms with Crippen molar-refractivity contribution < 1.29 is 0 Å². The van der Waals surface area contributed by atoms with Crippen molar-refractivity contribution in [1.82, 2.24) is 0 Å². The summed E-state index contributed by atoms with van der Waals surface area (Å²) in [5.74, 6) is 0. The van der Waals surface area contributed by atoms with Crippen molar-refractivity contribution in [3.05, 3.63) is 58.6 Å². The zero-order valence-electron chi connectivity index (χ0n) is 9.56. The number of nitrogens with two attached hydrogens (primary N) is 1. The van der Waals surface area contributed by atoms with Gasteiger partial charge in [0.25, 0.3) is 0 Å². The SMILES string of the molecule is CC(N)c1ccccc1Sc1ccc(Br)cc1. The molecule has 0 radical (unpaired) electrons. The summed E-state index contributed by atoms with van der Waals surface area (Å²) < 4.78 is 1.10. The number of halogens is 1. The Morgan fingerprint density at radius 3 is 2.35 bits per heavy atom. The van der Waals surface area contributed by atoms with Crippen LogP contribution in [-0.4, -0.2) is 0 Å². The minimum Gasteiger partial charge on any atom is -0.324 e. The molecule has 2 rings (SSSR count). The lowest BCUT2D eigenvalue weighted by atomic mass is 10.1. The standard InChI is InChI=1S/C14H14BrNS/c1-10(16)13-4-2-3-5-14(13)17-12-8-6-11(15)7-9-12/h2-10H,16H2,1H3. The predicted molar refractivity (Wildman–Crippen MR) is 77.3 cm³/mol. The molecule has 2 N–H and O–H groups in total. The lowest BCUT2D eigenvalue weighted by Gasteiger charge is -2.11. The van der Waals surface area contributed by atoms with E-state index >= 15 is 0 Å². The van der Waals surface area contributed by atoms with Crippen LogP contribution in [0.25, 0.3) is 0 Å². The normalized spacial score (nSPS) is 12.4. The molecule has 0 aliphatic carbocycles. The van der Waals surface area contributed by atoms with Crippen molar-refractivity contribution in [2.45, 2.75) is 22.8 Å². The minimum atomic E-state index is 0.0640. The molecule has 2 aromatic rings. The molecule has 1 atom stereocenters. The summed E-state index contributed by atoms with van der Waals surface area (Å²) in [5, 5.41) is 0. The Bertz CT molecular complexity index is 494. The van der Waals surface area contributed by atoms with Crippen molar-refractivity contribution in [1.29, 1.82) is 0 Å². The van der Waals surface area contributed by atoms with Crippen LogP contribution in [0.2, 0.25) is 0 Å². The summed E-state index contributed by atoms with van der Waals surface area (Å²) in [7, 11) is 0. The maximum absolute atomic E-state index is 5.97. The lowest BCUT2D eigenvalue weighted by molar-refractivity contribution is 0.797. The Hall–Kier alpha value is -0.770. The zero-order valence-corrected chi connectivity index (χ0v) is 12.0. The van der Waals surface area contributed by atoms with E-state index in [0.717, 1.165) is 4.47 Å². The molecule has 0 fully saturated rings. The molecule has 3 heteroatoms. The van der Waals surface area contributed by atoms with Crippen LogP contribution in [0.15, 0.2) is 62.8 Å². The van der Waals surface area contributed by atoms with Gasteiger partial charge in [-0.05, 0) is 42.8 Å². The maximum atomic E-state index is 5.97. The van der Waals surface area contributed by atoms with E-state index in [2.05, 4.69) is 52.3 Å². The maximum Gasteiger partial charge on any atom is 0.0277 e. The quantitative estimate of drug-likeness (QED) is 0.895. The highest BCUT2D eigenvalue weighted by Crippen LogP contribution is 2.33. The average Bonchev–Trinajstić information content (AvgIpc) is 2.32. The van der Waals surface area contributed by atoms with Gasteiger partial charge in [-0.3, -0.25) is 0 Å². The molecular formula is C14H14BrNS. The van der Waals surface area contributed by atoms with Gasteiger partial charge in [0.05, 0.1) is 0 Å². The van der Waals surface area contributed by atoms with Crippen LogP contribution in [0.4, 0.5) is 0 Å². The van der Waals surface area contributed by atoms with Gasteiger partial charge in [0.2, 0.25) is 0 Å². The topological polar surface area (TPSA) is 26.0 Å². The van der Waals surface area contributed by atoms with Gasteiger partial charge in [-0.2, -0.15) is 0 Å². The molecule has 0 aliphatic heterocycles. The van der Waals surface area contributed by atoms with Gasteiger partial charge in [0.1, 0.15) is 0 Å². The summed E-state index contributed by atoms with van der Waals surface area (Å²) in [4.78, 5) is 2.45. The molecule has 0 bridgehead atoms. The highest BCUT2D eigenvalue weighted by Gasteiger charge is 2.07. The largest absolute Gasteiger partial charge is 0.324 e. The summed E-state index contributed by atoms with van der Waals surface area (Å²) in [6.45, 7) is 2.01. The van der Waals surface area contributed by atoms with Crippen LogP contribution < -0.4 is 5.73 Å². The minimum absolute atomic E-state index is 0.0640. The van der Waals surface area contributed by atoms with Gasteiger partial charge in [-0.1, -0.05) is 45.9 Å². The summed E-state index contributed by atoms with van der Waals surface area (Å²) in [6.07, 6.45) is 0. The van der Waals surface area contributed by atoms with Crippen LogP contribution in [0.1, 0.15) is 18.5 Å². The Kier molecular flexibility index (Phi) is 4.26. The third kappa shape index (κ3) is 3.35. The zero-order chi connectivity index (χ0) is 12.3. The number of hydrogen-bond donors (Lipinski definition) is 1. The van der Waals surface area contributed by atoms with Crippen molar-refractivity contribution in [3.8, 4) is 0 Å². The second kappa shape index (κ2) is 5.71. The van der Waals surface area contributed by atoms with Crippen molar-refractivity contribution in [2.24, 2.45) is 5.73 Å². The van der Waals surface area contributed by atoms with Crippen LogP contribution in [0.3, 0.4) is 0 Å². The molecule has 1 unspecified atom stereocenters. The molecule has 1 nitrogen and oxygen atoms in total. The molecule has 0 saturated carbocycles. The third-order valence-corrected chi connectivity index (χ3v) is 4.08. The summed E-state index contributed by atoms with van der Waals surface area (Å²) in [6, 6.07) is 16.7. The molecule has 0 aliphatic rings. The molecule has 0 spiro atoms. The van der Waals surface area contributed by atoms with Gasteiger partial charge >= 0.3 is 0 Å². The highest BCUT2D eigenvalue weighted by molar-refractivity contribution is 9.10. The molecule has 0 amide bonds. The fourth-order valence-corrected chi connectivity index (χ4v) is 2.89. The predicted octanol–water partition coefficient (Wildman–Crippen LogP) is 4.62. The molecule has 88 valence electrons. The Balaban J connectivity index is 2.26. The van der Waals surface area contributed by atoms with E-state index in [1.807, 2.05) is 19.1 Å². The molecule has 0 heterocycles. The van der Waals surface area contributed by atoms with Crippen LogP contribution >= 0.6 is 27.7 Å². The first-order valence-corrected chi connectivity index (χ1v) is 7.05. The lowest BCUT2D eigenvalue weighted by Crippen LogP contribution is -2.05. The third-order valence-electron chi connectivity index (χ3n) is 2.45. The first kappa shape index (κ1) is 12.7. The van der Waals surface area contributed by atoms with E-state index < -0.39 is 0 Å². The van der Waals surface area contributed by atoms with Gasteiger partial charge in [-0.15, -0.1) is 0 Å². The highest BCUT2D eigenvalue weighted by atomic mass is 79.9. The van der Waals surface area contributed by atoms with Crippen LogP contribution in [0, 0.1) is 0 Å². The van der Waals surface area contributed by atoms with Gasteiger partial charge in [0, 0.05) is 20.3 Å². The molecule has 0 aromatic heterocycles. The second-order valence-corrected chi connectivity index (χ2v) is 5.91. The second-order valence-electron chi connectivity index (χ2n) is 3.88. The molecular weight excluding hydrogens is 294 g/mol. The van der Waals surface area contributed by atoms with Crippen molar-refractivity contribution >= 4 is 27.7 Å². The number of rotatable bonds is 3. The van der Waals surface area contributed by atoms with E-state index in [0.29, 0.717) is 0 Å². The van der Waals surface area contributed by atoms with E-state index in [4.69, 9.17) is 5.73 Å². The smallest absolute Gasteiger partial charge is 0.0277 e.